The molecule has 0 atom stereocenters. The average Bonchev–Trinajstić information content (AvgIpc) is 2.41. The molecule has 0 radical (unpaired) electrons. The predicted molar refractivity (Wildman–Crippen MR) is 80.5 cm³/mol. The first kappa shape index (κ1) is 14.4. The van der Waals surface area contributed by atoms with Crippen molar-refractivity contribution in [2.45, 2.75) is 6.61 Å². The molecule has 3 N–H and O–H groups in total. The van der Waals surface area contributed by atoms with Crippen molar-refractivity contribution in [3.63, 3.8) is 0 Å². The van der Waals surface area contributed by atoms with E-state index in [1.54, 1.807) is 24.4 Å². The predicted octanol–water partition coefficient (Wildman–Crippen LogP) is 4.02. The van der Waals surface area contributed by atoms with Crippen LogP contribution in [-0.4, -0.2) is 4.98 Å². The fraction of sp³-hybridized carbons (Fsp3) is 0.0833. The molecule has 1 aromatic carbocycles. The first-order valence-electron chi connectivity index (χ1n) is 5.29. The Morgan fingerprint density at radius 3 is 2.84 bits per heavy atom. The number of benzene rings is 1. The van der Waals surface area contributed by atoms with E-state index in [0.29, 0.717) is 21.6 Å². The summed E-state index contributed by atoms with van der Waals surface area (Å²) in [5, 5.41) is 1.00. The van der Waals surface area contributed by atoms with Crippen molar-refractivity contribution in [1.29, 1.82) is 0 Å². The molecule has 0 aliphatic carbocycles. The number of pyridine rings is 1. The monoisotopic (exact) mass is 361 g/mol. The molecule has 0 aliphatic heterocycles. The lowest BCUT2D eigenvalue weighted by atomic mass is 10.2. The van der Waals surface area contributed by atoms with Gasteiger partial charge in [-0.2, -0.15) is 0 Å². The SMILES string of the molecule is NNc1ncccc1COc1cc(Cl)c(Br)cc1Cl. The van der Waals surface area contributed by atoms with Gasteiger partial charge in [-0.3, -0.25) is 0 Å². The minimum absolute atomic E-state index is 0.283. The third-order valence-corrected chi connectivity index (χ3v) is 3.88. The van der Waals surface area contributed by atoms with Crippen LogP contribution in [0.15, 0.2) is 34.9 Å². The summed E-state index contributed by atoms with van der Waals surface area (Å²) in [7, 11) is 0. The van der Waals surface area contributed by atoms with Crippen LogP contribution in [0, 0.1) is 0 Å². The molecule has 7 heteroatoms. The lowest BCUT2D eigenvalue weighted by molar-refractivity contribution is 0.306. The number of nitrogens with one attached hydrogen (secondary N) is 1. The highest BCUT2D eigenvalue weighted by molar-refractivity contribution is 9.10. The van der Waals surface area contributed by atoms with Crippen molar-refractivity contribution < 1.29 is 4.74 Å². The molecule has 19 heavy (non-hydrogen) atoms. The van der Waals surface area contributed by atoms with Crippen LogP contribution in [0.3, 0.4) is 0 Å². The Kier molecular flexibility index (Phi) is 4.87. The quantitative estimate of drug-likeness (QED) is 0.490. The standard InChI is InChI=1S/C12H10BrCl2N3O/c13-8-4-10(15)11(5-9(8)14)19-6-7-2-1-3-17-12(7)18-16/h1-5H,6,16H2,(H,17,18). The first-order valence-corrected chi connectivity index (χ1v) is 6.84. The lowest BCUT2D eigenvalue weighted by Gasteiger charge is -2.11. The van der Waals surface area contributed by atoms with E-state index in [9.17, 15) is 0 Å². The number of hydrogen-bond acceptors (Lipinski definition) is 4. The number of ether oxygens (including phenoxy) is 1. The summed E-state index contributed by atoms with van der Waals surface area (Å²) in [6, 6.07) is 7.00. The lowest BCUT2D eigenvalue weighted by Crippen LogP contribution is -2.12. The van der Waals surface area contributed by atoms with Crippen LogP contribution in [0.2, 0.25) is 10.0 Å². The first-order chi connectivity index (χ1) is 9.11. The Bertz CT molecular complexity index is 595. The van der Waals surface area contributed by atoms with Crippen molar-refractivity contribution in [1.82, 2.24) is 4.98 Å². The number of rotatable bonds is 4. The largest absolute Gasteiger partial charge is 0.487 e. The summed E-state index contributed by atoms with van der Waals surface area (Å²) >= 11 is 15.4. The molecule has 0 fully saturated rings. The van der Waals surface area contributed by atoms with E-state index in [2.05, 4.69) is 26.3 Å². The van der Waals surface area contributed by atoms with E-state index < -0.39 is 0 Å². The Balaban J connectivity index is 2.17. The number of nitrogens with two attached hydrogens (primary N) is 1. The molecular weight excluding hydrogens is 353 g/mol. The summed E-state index contributed by atoms with van der Waals surface area (Å²) in [6.45, 7) is 0.283. The van der Waals surface area contributed by atoms with Gasteiger partial charge in [0.15, 0.2) is 0 Å². The summed E-state index contributed by atoms with van der Waals surface area (Å²) in [4.78, 5) is 4.08. The Hall–Kier alpha value is -1.01. The molecule has 0 unspecified atom stereocenters. The summed E-state index contributed by atoms with van der Waals surface area (Å²) in [6.07, 6.45) is 1.64. The van der Waals surface area contributed by atoms with Gasteiger partial charge < -0.3 is 10.2 Å². The molecule has 0 spiro atoms. The number of hydrazine groups is 1. The number of halogens is 3. The second-order valence-corrected chi connectivity index (χ2v) is 5.31. The maximum atomic E-state index is 6.07. The highest BCUT2D eigenvalue weighted by Gasteiger charge is 2.08. The van der Waals surface area contributed by atoms with Crippen LogP contribution in [0.1, 0.15) is 5.56 Å². The number of anilines is 1. The van der Waals surface area contributed by atoms with E-state index in [1.807, 2.05) is 6.07 Å². The smallest absolute Gasteiger partial charge is 0.146 e. The molecule has 1 aromatic heterocycles. The number of aromatic nitrogens is 1. The second-order valence-electron chi connectivity index (χ2n) is 3.64. The van der Waals surface area contributed by atoms with Gasteiger partial charge in [0.25, 0.3) is 0 Å². The molecule has 2 aromatic rings. The van der Waals surface area contributed by atoms with E-state index in [1.165, 1.54) is 0 Å². The summed E-state index contributed by atoms with van der Waals surface area (Å²) in [5.41, 5.74) is 3.33. The minimum atomic E-state index is 0.283. The topological polar surface area (TPSA) is 60.2 Å². The molecule has 0 saturated carbocycles. The molecule has 0 amide bonds. The number of nitrogens with zero attached hydrogens (tertiary/aromatic N) is 1. The fourth-order valence-corrected chi connectivity index (χ4v) is 2.30. The van der Waals surface area contributed by atoms with Crippen molar-refractivity contribution in [3.05, 3.63) is 50.5 Å². The molecule has 100 valence electrons. The number of nitrogen functional groups attached to an aromatic ring is 1. The van der Waals surface area contributed by atoms with E-state index in [4.69, 9.17) is 33.8 Å². The molecular formula is C12H10BrCl2N3O. The fourth-order valence-electron chi connectivity index (χ4n) is 1.46. The molecule has 0 bridgehead atoms. The van der Waals surface area contributed by atoms with Crippen molar-refractivity contribution in [2.24, 2.45) is 5.84 Å². The highest BCUT2D eigenvalue weighted by atomic mass is 79.9. The van der Waals surface area contributed by atoms with Gasteiger partial charge in [-0.05, 0) is 28.1 Å². The van der Waals surface area contributed by atoms with E-state index in [-0.39, 0.29) is 6.61 Å². The number of hydrogen-bond donors (Lipinski definition) is 2. The second kappa shape index (κ2) is 6.43. The van der Waals surface area contributed by atoms with E-state index in [0.717, 1.165) is 10.0 Å². The zero-order valence-corrected chi connectivity index (χ0v) is 12.8. The van der Waals surface area contributed by atoms with Gasteiger partial charge >= 0.3 is 0 Å². The maximum Gasteiger partial charge on any atom is 0.146 e. The van der Waals surface area contributed by atoms with Crippen LogP contribution < -0.4 is 16.0 Å². The average molecular weight is 363 g/mol. The van der Waals surface area contributed by atoms with Gasteiger partial charge in [-0.15, -0.1) is 0 Å². The normalized spacial score (nSPS) is 10.3. The van der Waals surface area contributed by atoms with Crippen LogP contribution >= 0.6 is 39.1 Å². The van der Waals surface area contributed by atoms with Crippen LogP contribution in [0.5, 0.6) is 5.75 Å². The van der Waals surface area contributed by atoms with Crippen LogP contribution in [0.25, 0.3) is 0 Å². The Morgan fingerprint density at radius 2 is 2.11 bits per heavy atom. The van der Waals surface area contributed by atoms with Crippen molar-refractivity contribution >= 4 is 44.9 Å². The van der Waals surface area contributed by atoms with Gasteiger partial charge in [0, 0.05) is 22.3 Å². The molecule has 2 rings (SSSR count). The van der Waals surface area contributed by atoms with Crippen molar-refractivity contribution in [3.8, 4) is 5.75 Å². The highest BCUT2D eigenvalue weighted by Crippen LogP contribution is 2.34. The minimum Gasteiger partial charge on any atom is -0.487 e. The summed E-state index contributed by atoms with van der Waals surface area (Å²) < 4.78 is 6.35. The van der Waals surface area contributed by atoms with Crippen molar-refractivity contribution in [2.75, 3.05) is 5.43 Å². The van der Waals surface area contributed by atoms with Gasteiger partial charge in [-0.25, -0.2) is 10.8 Å². The molecule has 4 nitrogen and oxygen atoms in total. The third kappa shape index (κ3) is 3.51. The Labute approximate surface area is 129 Å². The van der Waals surface area contributed by atoms with Crippen LogP contribution in [-0.2, 0) is 6.61 Å². The Morgan fingerprint density at radius 1 is 1.32 bits per heavy atom. The van der Waals surface area contributed by atoms with Gasteiger partial charge in [0.05, 0.1) is 10.0 Å². The summed E-state index contributed by atoms with van der Waals surface area (Å²) in [5.74, 6) is 6.43. The molecule has 1 heterocycles. The zero-order chi connectivity index (χ0) is 13.8. The van der Waals surface area contributed by atoms with Gasteiger partial charge in [0.2, 0.25) is 0 Å². The van der Waals surface area contributed by atoms with E-state index >= 15 is 0 Å². The third-order valence-electron chi connectivity index (χ3n) is 2.39. The van der Waals surface area contributed by atoms with Gasteiger partial charge in [0.1, 0.15) is 18.2 Å². The maximum absolute atomic E-state index is 6.07. The van der Waals surface area contributed by atoms with Crippen LogP contribution in [0.4, 0.5) is 5.82 Å². The molecule has 0 aliphatic rings. The van der Waals surface area contributed by atoms with Gasteiger partial charge in [-0.1, -0.05) is 29.3 Å². The zero-order valence-electron chi connectivity index (χ0n) is 9.66. The molecule has 0 saturated heterocycles.